The van der Waals surface area contributed by atoms with E-state index in [1.165, 1.54) is 11.1 Å². The maximum Gasteiger partial charge on any atom is 0.131 e. The number of thioether (sulfide) groups is 1. The Morgan fingerprint density at radius 3 is 2.59 bits per heavy atom. The average Bonchev–Trinajstić information content (AvgIpc) is 2.27. The summed E-state index contributed by atoms with van der Waals surface area (Å²) in [5.41, 5.74) is 2.53. The number of rotatable bonds is 2. The van der Waals surface area contributed by atoms with Gasteiger partial charge in [0.1, 0.15) is 5.82 Å². The Hall–Kier alpha value is -0.220. The number of hydrogen-bond acceptors (Lipinski definition) is 3. The largest absolute Gasteiger partial charge is 0.354 e. The Morgan fingerprint density at radius 1 is 1.41 bits per heavy atom. The van der Waals surface area contributed by atoms with E-state index >= 15 is 0 Å². The SMILES string of the molecule is Cc1cc(CBr)cnc1N1CC(C)SC(C)C1. The van der Waals surface area contributed by atoms with Crippen LogP contribution < -0.4 is 4.90 Å². The Labute approximate surface area is 116 Å². The summed E-state index contributed by atoms with van der Waals surface area (Å²) in [7, 11) is 0. The second-order valence-corrected chi connectivity index (χ2v) is 7.22. The molecular weight excluding hydrogens is 296 g/mol. The molecule has 1 saturated heterocycles. The van der Waals surface area contributed by atoms with Gasteiger partial charge in [0, 0.05) is 35.1 Å². The molecule has 0 aromatic carbocycles. The van der Waals surface area contributed by atoms with Crippen molar-refractivity contribution >= 4 is 33.5 Å². The van der Waals surface area contributed by atoms with Gasteiger partial charge in [-0.3, -0.25) is 0 Å². The number of hydrogen-bond donors (Lipinski definition) is 0. The molecule has 1 aromatic rings. The van der Waals surface area contributed by atoms with Gasteiger partial charge in [-0.25, -0.2) is 4.98 Å². The van der Waals surface area contributed by atoms with Gasteiger partial charge in [-0.2, -0.15) is 11.8 Å². The highest BCUT2D eigenvalue weighted by Crippen LogP contribution is 2.29. The molecule has 0 aliphatic carbocycles. The number of aromatic nitrogens is 1. The summed E-state index contributed by atoms with van der Waals surface area (Å²) in [6.45, 7) is 8.98. The van der Waals surface area contributed by atoms with Crippen LogP contribution in [0, 0.1) is 6.92 Å². The highest BCUT2D eigenvalue weighted by atomic mass is 79.9. The second kappa shape index (κ2) is 5.61. The maximum absolute atomic E-state index is 4.63. The van der Waals surface area contributed by atoms with E-state index in [1.54, 1.807) is 0 Å². The highest BCUT2D eigenvalue weighted by molar-refractivity contribution is 9.08. The number of halogens is 1. The molecule has 0 N–H and O–H groups in total. The van der Waals surface area contributed by atoms with Gasteiger partial charge in [-0.05, 0) is 18.1 Å². The molecular formula is C13H19BrN2S. The molecule has 2 rings (SSSR count). The van der Waals surface area contributed by atoms with Crippen molar-refractivity contribution in [2.24, 2.45) is 0 Å². The van der Waals surface area contributed by atoms with Crippen molar-refractivity contribution < 1.29 is 0 Å². The van der Waals surface area contributed by atoms with Crippen molar-refractivity contribution in [3.05, 3.63) is 23.4 Å². The van der Waals surface area contributed by atoms with Gasteiger partial charge in [0.2, 0.25) is 0 Å². The minimum absolute atomic E-state index is 0.691. The molecule has 17 heavy (non-hydrogen) atoms. The number of anilines is 1. The summed E-state index contributed by atoms with van der Waals surface area (Å²) >= 11 is 5.55. The van der Waals surface area contributed by atoms with Gasteiger partial charge < -0.3 is 4.90 Å². The third kappa shape index (κ3) is 3.16. The Kier molecular flexibility index (Phi) is 4.36. The van der Waals surface area contributed by atoms with Gasteiger partial charge in [-0.1, -0.05) is 35.8 Å². The van der Waals surface area contributed by atoms with E-state index in [4.69, 9.17) is 0 Å². The summed E-state index contributed by atoms with van der Waals surface area (Å²) in [6, 6.07) is 2.23. The number of aryl methyl sites for hydroxylation is 1. The Morgan fingerprint density at radius 2 is 2.06 bits per heavy atom. The minimum atomic E-state index is 0.691. The normalized spacial score (nSPS) is 25.1. The van der Waals surface area contributed by atoms with E-state index in [-0.39, 0.29) is 0 Å². The van der Waals surface area contributed by atoms with Crippen LogP contribution in [0.25, 0.3) is 0 Å². The van der Waals surface area contributed by atoms with Crippen molar-refractivity contribution in [1.82, 2.24) is 4.98 Å². The Bertz CT molecular complexity index is 387. The van der Waals surface area contributed by atoms with Gasteiger partial charge in [0.25, 0.3) is 0 Å². The molecule has 2 heterocycles. The van der Waals surface area contributed by atoms with Crippen LogP contribution in [0.3, 0.4) is 0 Å². The van der Waals surface area contributed by atoms with E-state index < -0.39 is 0 Å². The molecule has 1 fully saturated rings. The first-order chi connectivity index (χ1) is 8.10. The van der Waals surface area contributed by atoms with Gasteiger partial charge in [0.05, 0.1) is 0 Å². The van der Waals surface area contributed by atoms with Crippen molar-refractivity contribution in [2.45, 2.75) is 36.6 Å². The first-order valence-corrected chi connectivity index (χ1v) is 8.08. The first kappa shape index (κ1) is 13.2. The van der Waals surface area contributed by atoms with Gasteiger partial charge in [-0.15, -0.1) is 0 Å². The predicted molar refractivity (Wildman–Crippen MR) is 80.3 cm³/mol. The number of pyridine rings is 1. The van der Waals surface area contributed by atoms with Crippen LogP contribution in [0.4, 0.5) is 5.82 Å². The molecule has 1 aromatic heterocycles. The van der Waals surface area contributed by atoms with Crippen LogP contribution >= 0.6 is 27.7 Å². The van der Waals surface area contributed by atoms with E-state index in [2.05, 4.69) is 64.4 Å². The molecule has 0 radical (unpaired) electrons. The van der Waals surface area contributed by atoms with Crippen LogP contribution in [-0.4, -0.2) is 28.6 Å². The van der Waals surface area contributed by atoms with Crippen molar-refractivity contribution in [3.8, 4) is 0 Å². The van der Waals surface area contributed by atoms with E-state index in [1.807, 2.05) is 6.20 Å². The number of alkyl halides is 1. The van der Waals surface area contributed by atoms with Crippen LogP contribution in [0.5, 0.6) is 0 Å². The van der Waals surface area contributed by atoms with E-state index in [0.717, 1.165) is 24.2 Å². The third-order valence-electron chi connectivity index (χ3n) is 2.98. The zero-order valence-electron chi connectivity index (χ0n) is 10.6. The monoisotopic (exact) mass is 314 g/mol. The van der Waals surface area contributed by atoms with Gasteiger partial charge in [0.15, 0.2) is 0 Å². The lowest BCUT2D eigenvalue weighted by atomic mass is 10.2. The van der Waals surface area contributed by atoms with Crippen molar-refractivity contribution in [2.75, 3.05) is 18.0 Å². The van der Waals surface area contributed by atoms with Crippen molar-refractivity contribution in [1.29, 1.82) is 0 Å². The predicted octanol–water partition coefficient (Wildman–Crippen LogP) is 3.62. The highest BCUT2D eigenvalue weighted by Gasteiger charge is 2.24. The molecule has 94 valence electrons. The van der Waals surface area contributed by atoms with E-state index in [0.29, 0.717) is 10.5 Å². The average molecular weight is 315 g/mol. The van der Waals surface area contributed by atoms with Crippen molar-refractivity contribution in [3.63, 3.8) is 0 Å². The lowest BCUT2D eigenvalue weighted by Crippen LogP contribution is -2.41. The standard InChI is InChI=1S/C13H19BrN2S/c1-9-4-12(5-14)6-15-13(9)16-7-10(2)17-11(3)8-16/h4,6,10-11H,5,7-8H2,1-3H3. The summed E-state index contributed by atoms with van der Waals surface area (Å²) in [5, 5.41) is 2.26. The summed E-state index contributed by atoms with van der Waals surface area (Å²) < 4.78 is 0. The Balaban J connectivity index is 2.21. The summed E-state index contributed by atoms with van der Waals surface area (Å²) in [6.07, 6.45) is 1.98. The smallest absolute Gasteiger partial charge is 0.131 e. The molecule has 2 atom stereocenters. The summed E-state index contributed by atoms with van der Waals surface area (Å²) in [4.78, 5) is 7.06. The number of nitrogens with zero attached hydrogens (tertiary/aromatic N) is 2. The van der Waals surface area contributed by atoms with E-state index in [9.17, 15) is 0 Å². The molecule has 1 aliphatic heterocycles. The molecule has 0 saturated carbocycles. The quantitative estimate of drug-likeness (QED) is 0.776. The second-order valence-electron chi connectivity index (χ2n) is 4.78. The topological polar surface area (TPSA) is 16.1 Å². The molecule has 0 bridgehead atoms. The van der Waals surface area contributed by atoms with Crippen LogP contribution in [0.1, 0.15) is 25.0 Å². The van der Waals surface area contributed by atoms with Crippen LogP contribution in [-0.2, 0) is 5.33 Å². The lowest BCUT2D eigenvalue weighted by molar-refractivity contribution is 0.716. The fourth-order valence-corrected chi connectivity index (χ4v) is 4.01. The molecule has 0 spiro atoms. The molecule has 2 unspecified atom stereocenters. The van der Waals surface area contributed by atoms with Crippen LogP contribution in [0.15, 0.2) is 12.3 Å². The maximum atomic E-state index is 4.63. The fourth-order valence-electron chi connectivity index (χ4n) is 2.38. The summed E-state index contributed by atoms with van der Waals surface area (Å²) in [5.74, 6) is 1.16. The van der Waals surface area contributed by atoms with Crippen LogP contribution in [0.2, 0.25) is 0 Å². The molecule has 0 amide bonds. The lowest BCUT2D eigenvalue weighted by Gasteiger charge is -2.36. The fraction of sp³-hybridized carbons (Fsp3) is 0.615. The van der Waals surface area contributed by atoms with Gasteiger partial charge >= 0.3 is 0 Å². The first-order valence-electron chi connectivity index (χ1n) is 6.02. The third-order valence-corrected chi connectivity index (χ3v) is 4.86. The minimum Gasteiger partial charge on any atom is -0.354 e. The molecule has 1 aliphatic rings. The zero-order valence-corrected chi connectivity index (χ0v) is 13.0. The molecule has 4 heteroatoms. The molecule has 2 nitrogen and oxygen atoms in total. The zero-order chi connectivity index (χ0) is 12.4.